The van der Waals surface area contributed by atoms with E-state index in [0.717, 1.165) is 46.7 Å². The molecule has 0 aliphatic carbocycles. The number of nitrogens with zero attached hydrogens (tertiary/aromatic N) is 3. The summed E-state index contributed by atoms with van der Waals surface area (Å²) in [6.45, 7) is 8.91. The average molecular weight is 492 g/mol. The number of hydrogen-bond acceptors (Lipinski definition) is 5. The zero-order valence-electron chi connectivity index (χ0n) is 19.9. The van der Waals surface area contributed by atoms with Crippen molar-refractivity contribution in [1.29, 1.82) is 0 Å². The van der Waals surface area contributed by atoms with Crippen molar-refractivity contribution in [2.75, 3.05) is 6.61 Å². The van der Waals surface area contributed by atoms with Crippen molar-refractivity contribution in [2.45, 2.75) is 46.6 Å². The molecule has 2 heterocycles. The van der Waals surface area contributed by atoms with Gasteiger partial charge in [-0.1, -0.05) is 56.0 Å². The monoisotopic (exact) mass is 491 g/mol. The van der Waals surface area contributed by atoms with Gasteiger partial charge in [-0.05, 0) is 68.7 Å². The van der Waals surface area contributed by atoms with E-state index in [4.69, 9.17) is 22.1 Å². The van der Waals surface area contributed by atoms with Crippen LogP contribution in [0.2, 0.25) is 0 Å². The second-order valence-corrected chi connectivity index (χ2v) is 10.0. The molecule has 3 aromatic rings. The van der Waals surface area contributed by atoms with Crippen molar-refractivity contribution in [3.8, 4) is 22.7 Å². The third-order valence-electron chi connectivity index (χ3n) is 5.82. The third kappa shape index (κ3) is 4.95. The highest BCUT2D eigenvalue weighted by Crippen LogP contribution is 2.37. The summed E-state index contributed by atoms with van der Waals surface area (Å²) in [5.41, 5.74) is 4.65. The first-order valence-corrected chi connectivity index (χ1v) is 12.8. The molecule has 34 heavy (non-hydrogen) atoms. The summed E-state index contributed by atoms with van der Waals surface area (Å²) in [5.74, 6) is 0.839. The number of ether oxygens (including phenoxy) is 1. The molecule has 1 aliphatic rings. The van der Waals surface area contributed by atoms with Gasteiger partial charge in [0.15, 0.2) is 0 Å². The summed E-state index contributed by atoms with van der Waals surface area (Å²) in [5, 5.41) is 4.90. The molecule has 1 atom stereocenters. The fourth-order valence-electron chi connectivity index (χ4n) is 3.78. The normalized spacial score (nSPS) is 15.9. The van der Waals surface area contributed by atoms with Crippen molar-refractivity contribution in [3.63, 3.8) is 0 Å². The zero-order valence-corrected chi connectivity index (χ0v) is 21.6. The van der Waals surface area contributed by atoms with E-state index in [-0.39, 0.29) is 11.9 Å². The lowest BCUT2D eigenvalue weighted by atomic mass is 10.0. The van der Waals surface area contributed by atoms with Crippen LogP contribution in [0.5, 0.6) is 5.75 Å². The molecule has 5 nitrogen and oxygen atoms in total. The molecule has 176 valence electrons. The quantitative estimate of drug-likeness (QED) is 0.261. The van der Waals surface area contributed by atoms with Crippen LogP contribution < -0.4 is 4.74 Å². The number of aromatic nitrogens is 2. The number of carbonyl (C=O) groups excluding carboxylic acids is 1. The fourth-order valence-corrected chi connectivity index (χ4v) is 5.24. The van der Waals surface area contributed by atoms with Gasteiger partial charge in [0.2, 0.25) is 0 Å². The van der Waals surface area contributed by atoms with Crippen LogP contribution in [-0.4, -0.2) is 37.6 Å². The average Bonchev–Trinajstić information content (AvgIpc) is 3.39. The molecule has 0 saturated carbocycles. The molecule has 1 aromatic heterocycles. The van der Waals surface area contributed by atoms with Crippen LogP contribution in [0.15, 0.2) is 59.6 Å². The fraction of sp³-hybridized carbons (Fsp3) is 0.296. The summed E-state index contributed by atoms with van der Waals surface area (Å²) in [4.78, 5) is 15.5. The molecule has 0 spiro atoms. The molecular weight excluding hydrogens is 462 g/mol. The first-order valence-electron chi connectivity index (χ1n) is 11.6. The summed E-state index contributed by atoms with van der Waals surface area (Å²) in [6.07, 6.45) is 5.70. The van der Waals surface area contributed by atoms with Gasteiger partial charge in [0.1, 0.15) is 15.8 Å². The summed E-state index contributed by atoms with van der Waals surface area (Å²) >= 11 is 6.88. The van der Waals surface area contributed by atoms with E-state index in [1.165, 1.54) is 11.8 Å². The lowest BCUT2D eigenvalue weighted by Gasteiger charge is -2.21. The Kier molecular flexibility index (Phi) is 7.54. The van der Waals surface area contributed by atoms with Crippen LogP contribution >= 0.6 is 24.0 Å². The van der Waals surface area contributed by atoms with E-state index in [1.807, 2.05) is 73.3 Å². The first kappa shape index (κ1) is 24.2. The maximum atomic E-state index is 13.1. The van der Waals surface area contributed by atoms with E-state index in [1.54, 1.807) is 4.90 Å². The minimum atomic E-state index is -0.0396. The van der Waals surface area contributed by atoms with Gasteiger partial charge in [-0.3, -0.25) is 9.69 Å². The number of hydrogen-bond donors (Lipinski definition) is 0. The maximum absolute atomic E-state index is 13.1. The Morgan fingerprint density at radius 3 is 2.62 bits per heavy atom. The number of thioether (sulfide) groups is 1. The second kappa shape index (κ2) is 10.6. The van der Waals surface area contributed by atoms with E-state index in [2.05, 4.69) is 19.9 Å². The van der Waals surface area contributed by atoms with Gasteiger partial charge in [0.25, 0.3) is 5.91 Å². The molecule has 2 aromatic carbocycles. The third-order valence-corrected chi connectivity index (χ3v) is 7.15. The highest BCUT2D eigenvalue weighted by molar-refractivity contribution is 8.26. The second-order valence-electron chi connectivity index (χ2n) is 8.35. The van der Waals surface area contributed by atoms with Crippen molar-refractivity contribution >= 4 is 40.3 Å². The predicted octanol–water partition coefficient (Wildman–Crippen LogP) is 6.64. The number of para-hydroxylation sites is 1. The molecule has 0 N–H and O–H groups in total. The first-order chi connectivity index (χ1) is 16.4. The summed E-state index contributed by atoms with van der Waals surface area (Å²) in [6, 6.07) is 16.1. The molecule has 0 radical (unpaired) electrons. The lowest BCUT2D eigenvalue weighted by molar-refractivity contribution is -0.123. The Morgan fingerprint density at radius 1 is 1.18 bits per heavy atom. The molecule has 4 rings (SSSR count). The van der Waals surface area contributed by atoms with E-state index < -0.39 is 0 Å². The van der Waals surface area contributed by atoms with Crippen LogP contribution in [-0.2, 0) is 4.79 Å². The lowest BCUT2D eigenvalue weighted by Crippen LogP contribution is -2.36. The van der Waals surface area contributed by atoms with E-state index in [0.29, 0.717) is 15.8 Å². The summed E-state index contributed by atoms with van der Waals surface area (Å²) < 4.78 is 8.32. The zero-order chi connectivity index (χ0) is 24.2. The molecule has 1 aliphatic heterocycles. The molecule has 1 amide bonds. The highest BCUT2D eigenvalue weighted by atomic mass is 32.2. The van der Waals surface area contributed by atoms with Crippen molar-refractivity contribution < 1.29 is 9.53 Å². The van der Waals surface area contributed by atoms with Gasteiger partial charge in [-0.2, -0.15) is 5.10 Å². The Labute approximate surface area is 210 Å². The molecule has 1 saturated heterocycles. The minimum Gasteiger partial charge on any atom is -0.493 e. The number of amides is 1. The number of aryl methyl sites for hydroxylation is 1. The summed E-state index contributed by atoms with van der Waals surface area (Å²) in [7, 11) is 0. The Balaban J connectivity index is 1.78. The van der Waals surface area contributed by atoms with Crippen molar-refractivity contribution in [2.24, 2.45) is 0 Å². The van der Waals surface area contributed by atoms with Crippen LogP contribution in [0.4, 0.5) is 0 Å². The van der Waals surface area contributed by atoms with Crippen LogP contribution in [0.25, 0.3) is 23.0 Å². The molecular formula is C27H29N3O2S2. The largest absolute Gasteiger partial charge is 0.493 e. The van der Waals surface area contributed by atoms with Crippen molar-refractivity contribution in [3.05, 3.63) is 70.8 Å². The van der Waals surface area contributed by atoms with Gasteiger partial charge in [-0.25, -0.2) is 4.68 Å². The molecule has 7 heteroatoms. The van der Waals surface area contributed by atoms with Crippen LogP contribution in [0, 0.1) is 6.92 Å². The predicted molar refractivity (Wildman–Crippen MR) is 144 cm³/mol. The van der Waals surface area contributed by atoms with Crippen LogP contribution in [0.1, 0.15) is 44.7 Å². The number of rotatable bonds is 8. The highest BCUT2D eigenvalue weighted by Gasteiger charge is 2.35. The minimum absolute atomic E-state index is 0.0396. The maximum Gasteiger partial charge on any atom is 0.266 e. The SMILES string of the molecule is CCCOc1ccc(-c2nn(-c3ccccc3)cc2/C=C2\SC(=S)N([C@@H](C)CC)C2=O)cc1C. The van der Waals surface area contributed by atoms with E-state index >= 15 is 0 Å². The topological polar surface area (TPSA) is 47.4 Å². The molecule has 0 bridgehead atoms. The molecule has 0 unspecified atom stereocenters. The van der Waals surface area contributed by atoms with Gasteiger partial charge >= 0.3 is 0 Å². The number of carbonyl (C=O) groups is 1. The Hall–Kier alpha value is -2.90. The van der Waals surface area contributed by atoms with Crippen molar-refractivity contribution in [1.82, 2.24) is 14.7 Å². The van der Waals surface area contributed by atoms with Gasteiger partial charge in [0.05, 0.1) is 17.2 Å². The Morgan fingerprint density at radius 2 is 1.94 bits per heavy atom. The standard InChI is InChI=1S/C27H29N3O2S2/c1-5-14-32-23-13-12-20(15-18(23)3)25-21(17-29(28-25)22-10-8-7-9-11-22)16-24-26(31)30(19(4)6-2)27(33)34-24/h7-13,15-17,19H,5-6,14H2,1-4H3/b24-16-/t19-/m0/s1. The van der Waals surface area contributed by atoms with Gasteiger partial charge in [-0.15, -0.1) is 0 Å². The smallest absolute Gasteiger partial charge is 0.266 e. The van der Waals surface area contributed by atoms with Gasteiger partial charge < -0.3 is 4.74 Å². The van der Waals surface area contributed by atoms with E-state index in [9.17, 15) is 4.79 Å². The number of thiocarbonyl (C=S) groups is 1. The van der Waals surface area contributed by atoms with Gasteiger partial charge in [0, 0.05) is 23.4 Å². The number of benzene rings is 2. The Bertz CT molecular complexity index is 1230. The van der Waals surface area contributed by atoms with Crippen LogP contribution in [0.3, 0.4) is 0 Å². The molecule has 1 fully saturated rings.